The number of methoxy groups -OCH3 is 1. The third kappa shape index (κ3) is 4.09. The summed E-state index contributed by atoms with van der Waals surface area (Å²) < 4.78 is 6.97. The van der Waals surface area contributed by atoms with Crippen LogP contribution in [-0.4, -0.2) is 29.1 Å². The molecule has 1 heterocycles. The van der Waals surface area contributed by atoms with E-state index in [1.165, 1.54) is 13.2 Å². The molecule has 0 aliphatic heterocycles. The monoisotopic (exact) mass is 379 g/mol. The van der Waals surface area contributed by atoms with Crippen molar-refractivity contribution in [2.45, 2.75) is 50.6 Å². The van der Waals surface area contributed by atoms with Gasteiger partial charge in [-0.2, -0.15) is 5.26 Å². The normalized spacial score (nSPS) is 16.0. The van der Waals surface area contributed by atoms with Crippen LogP contribution in [0.1, 0.15) is 44.1 Å². The number of hydrogen-bond donors (Lipinski definition) is 1. The molecule has 1 saturated carbocycles. The molecule has 1 fully saturated rings. The second-order valence-electron chi connectivity index (χ2n) is 7.16. The van der Waals surface area contributed by atoms with E-state index in [4.69, 9.17) is 10.00 Å². The molecule has 0 atom stereocenters. The number of amides is 1. The Morgan fingerprint density at radius 2 is 2.04 bits per heavy atom. The van der Waals surface area contributed by atoms with Crippen LogP contribution < -0.4 is 5.32 Å². The van der Waals surface area contributed by atoms with Crippen LogP contribution in [0.2, 0.25) is 0 Å². The number of benzene rings is 1. The predicted molar refractivity (Wildman–Crippen MR) is 107 cm³/mol. The maximum Gasteiger partial charge on any atom is 0.331 e. The summed E-state index contributed by atoms with van der Waals surface area (Å²) in [5.41, 5.74) is 1.01. The van der Waals surface area contributed by atoms with Crippen LogP contribution >= 0.6 is 0 Å². The first-order chi connectivity index (χ1) is 13.6. The van der Waals surface area contributed by atoms with Gasteiger partial charge in [-0.15, -0.1) is 0 Å². The van der Waals surface area contributed by atoms with E-state index in [9.17, 15) is 9.59 Å². The molecular formula is C22H25N3O3. The van der Waals surface area contributed by atoms with Crippen molar-refractivity contribution in [1.29, 1.82) is 5.26 Å². The summed E-state index contributed by atoms with van der Waals surface area (Å²) in [4.78, 5) is 24.9. The molecule has 1 aromatic heterocycles. The van der Waals surface area contributed by atoms with Crippen molar-refractivity contribution in [3.63, 3.8) is 0 Å². The quantitative estimate of drug-likeness (QED) is 0.614. The van der Waals surface area contributed by atoms with E-state index < -0.39 is 5.54 Å². The van der Waals surface area contributed by atoms with E-state index in [1.54, 1.807) is 6.08 Å². The number of nitrogens with zero attached hydrogens (tertiary/aromatic N) is 2. The number of nitrogens with one attached hydrogen (secondary N) is 1. The Bertz CT molecular complexity index is 930. The fraction of sp³-hybridized carbons (Fsp3) is 0.409. The van der Waals surface area contributed by atoms with Crippen molar-refractivity contribution in [3.05, 3.63) is 42.1 Å². The van der Waals surface area contributed by atoms with Crippen LogP contribution in [-0.2, 0) is 20.9 Å². The number of ether oxygens (including phenoxy) is 1. The Labute approximate surface area is 164 Å². The van der Waals surface area contributed by atoms with Gasteiger partial charge in [0.15, 0.2) is 0 Å². The van der Waals surface area contributed by atoms with Crippen LogP contribution in [0, 0.1) is 11.3 Å². The second kappa shape index (κ2) is 8.75. The number of carbonyl (C=O) groups excluding carboxylic acids is 2. The van der Waals surface area contributed by atoms with Gasteiger partial charge in [0.05, 0.1) is 19.6 Å². The molecule has 0 spiro atoms. The summed E-state index contributed by atoms with van der Waals surface area (Å²) in [5, 5.41) is 12.8. The zero-order valence-electron chi connectivity index (χ0n) is 16.1. The van der Waals surface area contributed by atoms with Gasteiger partial charge in [-0.25, -0.2) is 4.79 Å². The number of fused-ring (bicyclic) bond motifs is 1. The van der Waals surface area contributed by atoms with Crippen LogP contribution in [0.4, 0.5) is 0 Å². The topological polar surface area (TPSA) is 84.1 Å². The average Bonchev–Trinajstić information content (AvgIpc) is 3.08. The van der Waals surface area contributed by atoms with Crippen LogP contribution in [0.3, 0.4) is 0 Å². The standard InChI is InChI=1S/C22H25N3O3/c1-28-21(27)22(12-5-2-6-13-22)24-20(26)11-10-17-16-25(15-7-14-23)19-9-4-3-8-18(17)19/h3-4,8-11,16H,2,5-7,12-13,15H2,1H3,(H,24,26). The zero-order chi connectivity index (χ0) is 20.0. The van der Waals surface area contributed by atoms with Gasteiger partial charge in [0.1, 0.15) is 5.54 Å². The highest BCUT2D eigenvalue weighted by Gasteiger charge is 2.41. The third-order valence-corrected chi connectivity index (χ3v) is 5.34. The highest BCUT2D eigenvalue weighted by atomic mass is 16.5. The molecule has 146 valence electrons. The van der Waals surface area contributed by atoms with Gasteiger partial charge in [-0.05, 0) is 25.0 Å². The SMILES string of the molecule is COC(=O)C1(NC(=O)C=Cc2cn(CCC#N)c3ccccc23)CCCCC1. The number of hydrogen-bond acceptors (Lipinski definition) is 4. The predicted octanol–water partition coefficient (Wildman–Crippen LogP) is 3.56. The lowest BCUT2D eigenvalue weighted by molar-refractivity contribution is -0.152. The summed E-state index contributed by atoms with van der Waals surface area (Å²) in [6, 6.07) is 10.1. The van der Waals surface area contributed by atoms with Gasteiger partial charge in [0.2, 0.25) is 5.91 Å². The second-order valence-corrected chi connectivity index (χ2v) is 7.16. The number of aryl methyl sites for hydroxylation is 1. The molecule has 0 radical (unpaired) electrons. The first-order valence-electron chi connectivity index (χ1n) is 9.63. The molecule has 0 saturated heterocycles. The molecule has 0 unspecified atom stereocenters. The molecule has 1 aromatic carbocycles. The molecule has 1 N–H and O–H groups in total. The minimum atomic E-state index is -0.921. The van der Waals surface area contributed by atoms with Crippen molar-refractivity contribution in [3.8, 4) is 6.07 Å². The number of esters is 1. The van der Waals surface area contributed by atoms with Crippen molar-refractivity contribution >= 4 is 28.9 Å². The molecular weight excluding hydrogens is 354 g/mol. The summed E-state index contributed by atoms with van der Waals surface area (Å²) in [6.07, 6.45) is 9.65. The lowest BCUT2D eigenvalue weighted by Crippen LogP contribution is -2.55. The molecule has 0 bridgehead atoms. The minimum absolute atomic E-state index is 0.304. The van der Waals surface area contributed by atoms with E-state index in [2.05, 4.69) is 11.4 Å². The van der Waals surface area contributed by atoms with Crippen molar-refractivity contribution < 1.29 is 14.3 Å². The molecule has 3 rings (SSSR count). The van der Waals surface area contributed by atoms with Gasteiger partial charge >= 0.3 is 5.97 Å². The molecule has 6 heteroatoms. The zero-order valence-corrected chi connectivity index (χ0v) is 16.1. The van der Waals surface area contributed by atoms with Gasteiger partial charge in [-0.1, -0.05) is 37.5 Å². The Morgan fingerprint density at radius 1 is 1.29 bits per heavy atom. The van der Waals surface area contributed by atoms with Crippen LogP contribution in [0.15, 0.2) is 36.5 Å². The van der Waals surface area contributed by atoms with Crippen molar-refractivity contribution in [1.82, 2.24) is 9.88 Å². The number of aromatic nitrogens is 1. The van der Waals surface area contributed by atoms with E-state index in [1.807, 2.05) is 35.0 Å². The van der Waals surface area contributed by atoms with Crippen molar-refractivity contribution in [2.24, 2.45) is 0 Å². The van der Waals surface area contributed by atoms with Crippen LogP contribution in [0.25, 0.3) is 17.0 Å². The maximum absolute atomic E-state index is 12.6. The lowest BCUT2D eigenvalue weighted by Gasteiger charge is -2.34. The van der Waals surface area contributed by atoms with E-state index >= 15 is 0 Å². The third-order valence-electron chi connectivity index (χ3n) is 5.34. The fourth-order valence-corrected chi connectivity index (χ4v) is 3.94. The molecule has 1 amide bonds. The number of nitriles is 1. The highest BCUT2D eigenvalue weighted by molar-refractivity contribution is 5.98. The number of carbonyl (C=O) groups is 2. The Morgan fingerprint density at radius 3 is 2.75 bits per heavy atom. The summed E-state index contributed by atoms with van der Waals surface area (Å²) in [7, 11) is 1.36. The number of rotatable bonds is 6. The Hall–Kier alpha value is -3.07. The first-order valence-corrected chi connectivity index (χ1v) is 9.63. The highest BCUT2D eigenvalue weighted by Crippen LogP contribution is 2.29. The Balaban J connectivity index is 1.80. The molecule has 2 aromatic rings. The lowest BCUT2D eigenvalue weighted by atomic mass is 9.81. The smallest absolute Gasteiger partial charge is 0.331 e. The summed E-state index contributed by atoms with van der Waals surface area (Å²) in [6.45, 7) is 0.600. The first kappa shape index (κ1) is 19.7. The minimum Gasteiger partial charge on any atom is -0.467 e. The summed E-state index contributed by atoms with van der Waals surface area (Å²) >= 11 is 0. The van der Waals surface area contributed by atoms with Gasteiger partial charge in [-0.3, -0.25) is 4.79 Å². The largest absolute Gasteiger partial charge is 0.467 e. The summed E-state index contributed by atoms with van der Waals surface area (Å²) in [5.74, 6) is -0.678. The molecule has 28 heavy (non-hydrogen) atoms. The van der Waals surface area contributed by atoms with Gasteiger partial charge in [0.25, 0.3) is 0 Å². The molecule has 1 aliphatic carbocycles. The van der Waals surface area contributed by atoms with E-state index in [0.717, 1.165) is 35.7 Å². The average molecular weight is 379 g/mol. The van der Waals surface area contributed by atoms with Crippen molar-refractivity contribution in [2.75, 3.05) is 7.11 Å². The molecule has 6 nitrogen and oxygen atoms in total. The fourth-order valence-electron chi connectivity index (χ4n) is 3.94. The van der Waals surface area contributed by atoms with Crippen LogP contribution in [0.5, 0.6) is 0 Å². The van der Waals surface area contributed by atoms with Gasteiger partial charge in [0, 0.05) is 35.3 Å². The molecule has 1 aliphatic rings. The van der Waals surface area contributed by atoms with E-state index in [0.29, 0.717) is 25.8 Å². The number of para-hydroxylation sites is 1. The van der Waals surface area contributed by atoms with Gasteiger partial charge < -0.3 is 14.6 Å². The van der Waals surface area contributed by atoms with E-state index in [-0.39, 0.29) is 11.9 Å². The Kier molecular flexibility index (Phi) is 6.15. The maximum atomic E-state index is 12.6.